The van der Waals surface area contributed by atoms with E-state index in [4.69, 9.17) is 4.74 Å². The molecule has 0 unspecified atom stereocenters. The van der Waals surface area contributed by atoms with E-state index < -0.39 is 28.5 Å². The minimum atomic E-state index is -3.83. The van der Waals surface area contributed by atoms with Crippen molar-refractivity contribution >= 4 is 43.5 Å². The number of ether oxygens (including phenoxy) is 1. The van der Waals surface area contributed by atoms with Crippen LogP contribution in [0.25, 0.3) is 0 Å². The number of nitrogens with one attached hydrogen (secondary N) is 1. The van der Waals surface area contributed by atoms with Crippen molar-refractivity contribution in [3.05, 3.63) is 94.5 Å². The number of carbonyl (C=O) groups excluding carboxylic acids is 2. The highest BCUT2D eigenvalue weighted by Crippen LogP contribution is 2.28. The zero-order chi connectivity index (χ0) is 27.7. The summed E-state index contributed by atoms with van der Waals surface area (Å²) in [4.78, 5) is 28.8. The van der Waals surface area contributed by atoms with Gasteiger partial charge >= 0.3 is 0 Å². The second-order valence-electron chi connectivity index (χ2n) is 8.69. The maximum absolute atomic E-state index is 14.0. The molecule has 38 heavy (non-hydrogen) atoms. The fourth-order valence-corrected chi connectivity index (χ4v) is 5.54. The predicted octanol–water partition coefficient (Wildman–Crippen LogP) is 4.00. The number of rotatable bonds is 12. The number of methoxy groups -OCH3 is 1. The summed E-state index contributed by atoms with van der Waals surface area (Å²) in [7, 11) is -2.28. The van der Waals surface area contributed by atoms with Gasteiger partial charge < -0.3 is 15.0 Å². The summed E-state index contributed by atoms with van der Waals surface area (Å²) in [6.45, 7) is 1.80. The van der Waals surface area contributed by atoms with Gasteiger partial charge in [0.25, 0.3) is 0 Å². The zero-order valence-electron chi connectivity index (χ0n) is 21.6. The summed E-state index contributed by atoms with van der Waals surface area (Å²) in [6, 6.07) is 22.5. The molecule has 0 saturated heterocycles. The molecule has 3 aromatic rings. The van der Waals surface area contributed by atoms with E-state index in [1.807, 2.05) is 43.3 Å². The van der Waals surface area contributed by atoms with Gasteiger partial charge in [-0.15, -0.1) is 0 Å². The van der Waals surface area contributed by atoms with Crippen molar-refractivity contribution in [3.8, 4) is 5.75 Å². The Morgan fingerprint density at radius 1 is 0.974 bits per heavy atom. The van der Waals surface area contributed by atoms with Gasteiger partial charge in [-0.25, -0.2) is 8.42 Å². The number of amides is 2. The van der Waals surface area contributed by atoms with Crippen molar-refractivity contribution in [1.29, 1.82) is 0 Å². The van der Waals surface area contributed by atoms with Crippen molar-refractivity contribution in [2.45, 2.75) is 25.9 Å². The Morgan fingerprint density at radius 3 is 2.26 bits per heavy atom. The smallest absolute Gasteiger partial charge is 0.244 e. The number of carbonyl (C=O) groups is 2. The average Bonchev–Trinajstić information content (AvgIpc) is 2.90. The number of likely N-dealkylation sites (N-methyl/N-ethyl adjacent to an activating group) is 1. The number of sulfonamides is 1. The van der Waals surface area contributed by atoms with Crippen LogP contribution in [0.4, 0.5) is 5.69 Å². The van der Waals surface area contributed by atoms with E-state index in [9.17, 15) is 18.0 Å². The molecular weight excluding hydrogens is 570 g/mol. The third kappa shape index (κ3) is 7.82. The summed E-state index contributed by atoms with van der Waals surface area (Å²) in [5.74, 6) is -0.223. The third-order valence-electron chi connectivity index (χ3n) is 5.91. The van der Waals surface area contributed by atoms with Gasteiger partial charge in [0.2, 0.25) is 21.8 Å². The molecule has 0 heterocycles. The molecule has 0 aliphatic heterocycles. The van der Waals surface area contributed by atoms with Crippen LogP contribution in [0.5, 0.6) is 5.75 Å². The first-order chi connectivity index (χ1) is 18.1. The lowest BCUT2D eigenvalue weighted by molar-refractivity contribution is -0.140. The van der Waals surface area contributed by atoms with Crippen LogP contribution < -0.4 is 14.4 Å². The lowest BCUT2D eigenvalue weighted by Gasteiger charge is -2.33. The standard InChI is InChI=1S/C28H32BrN3O5S/c1-4-30-28(34)26(18-21-11-6-5-7-12-21)31(19-22-13-10-14-23(17-22)37-2)27(33)20-32(38(3,35)36)25-16-9-8-15-24(25)29/h5-17,26H,4,18-20H2,1-3H3,(H,30,34)/t26-/m0/s1. The van der Waals surface area contributed by atoms with Crippen LogP contribution in [-0.2, 0) is 32.6 Å². The minimum absolute atomic E-state index is 0.0816. The average molecular weight is 603 g/mol. The molecule has 0 saturated carbocycles. The molecule has 10 heteroatoms. The SMILES string of the molecule is CCNC(=O)[C@H](Cc1ccccc1)N(Cc1cccc(OC)c1)C(=O)CN(c1ccccc1Br)S(C)(=O)=O. The molecule has 202 valence electrons. The van der Waals surface area contributed by atoms with Crippen LogP contribution in [-0.4, -0.2) is 57.6 Å². The summed E-state index contributed by atoms with van der Waals surface area (Å²) in [6.07, 6.45) is 1.31. The fraction of sp³-hybridized carbons (Fsp3) is 0.286. The van der Waals surface area contributed by atoms with Crippen LogP contribution in [0.15, 0.2) is 83.3 Å². The Kier molecular flexibility index (Phi) is 10.3. The zero-order valence-corrected chi connectivity index (χ0v) is 24.0. The van der Waals surface area contributed by atoms with Crippen molar-refractivity contribution in [1.82, 2.24) is 10.2 Å². The first-order valence-electron chi connectivity index (χ1n) is 12.1. The molecule has 0 aliphatic carbocycles. The number of hydrogen-bond donors (Lipinski definition) is 1. The van der Waals surface area contributed by atoms with Crippen molar-refractivity contribution in [3.63, 3.8) is 0 Å². The molecule has 0 spiro atoms. The molecule has 1 atom stereocenters. The Balaban J connectivity index is 2.06. The number of benzene rings is 3. The topological polar surface area (TPSA) is 96.0 Å². The molecule has 0 aliphatic rings. The molecule has 1 N–H and O–H groups in total. The van der Waals surface area contributed by atoms with Gasteiger partial charge in [0, 0.05) is 24.0 Å². The monoisotopic (exact) mass is 601 g/mol. The summed E-state index contributed by atoms with van der Waals surface area (Å²) >= 11 is 3.39. The second kappa shape index (κ2) is 13.4. The Labute approximate surface area is 232 Å². The predicted molar refractivity (Wildman–Crippen MR) is 152 cm³/mol. The molecule has 3 rings (SSSR count). The minimum Gasteiger partial charge on any atom is -0.497 e. The fourth-order valence-electron chi connectivity index (χ4n) is 4.06. The van der Waals surface area contributed by atoms with Crippen molar-refractivity contribution < 1.29 is 22.7 Å². The van der Waals surface area contributed by atoms with Crippen LogP contribution in [0.2, 0.25) is 0 Å². The largest absolute Gasteiger partial charge is 0.497 e. The third-order valence-corrected chi connectivity index (χ3v) is 7.71. The van der Waals surface area contributed by atoms with Gasteiger partial charge in [-0.3, -0.25) is 13.9 Å². The number of anilines is 1. The highest BCUT2D eigenvalue weighted by Gasteiger charge is 2.33. The lowest BCUT2D eigenvalue weighted by atomic mass is 10.0. The quantitative estimate of drug-likeness (QED) is 0.338. The highest BCUT2D eigenvalue weighted by molar-refractivity contribution is 9.10. The Bertz CT molecular complexity index is 1350. The van der Waals surface area contributed by atoms with Gasteiger partial charge in [-0.1, -0.05) is 54.6 Å². The van der Waals surface area contributed by atoms with Gasteiger partial charge in [-0.05, 0) is 58.2 Å². The van der Waals surface area contributed by atoms with Gasteiger partial charge in [0.15, 0.2) is 0 Å². The maximum atomic E-state index is 14.0. The molecule has 0 aromatic heterocycles. The van der Waals surface area contributed by atoms with Crippen LogP contribution >= 0.6 is 15.9 Å². The summed E-state index contributed by atoms with van der Waals surface area (Å²) < 4.78 is 32.6. The lowest BCUT2D eigenvalue weighted by Crippen LogP contribution is -2.53. The Morgan fingerprint density at radius 2 is 1.63 bits per heavy atom. The van der Waals surface area contributed by atoms with Crippen LogP contribution in [0, 0.1) is 0 Å². The van der Waals surface area contributed by atoms with E-state index in [0.717, 1.165) is 21.7 Å². The highest BCUT2D eigenvalue weighted by atomic mass is 79.9. The Hall–Kier alpha value is -3.37. The molecule has 8 nitrogen and oxygen atoms in total. The summed E-state index contributed by atoms with van der Waals surface area (Å²) in [5.41, 5.74) is 1.95. The van der Waals surface area contributed by atoms with Crippen LogP contribution in [0.3, 0.4) is 0 Å². The van der Waals surface area contributed by atoms with Gasteiger partial charge in [0.05, 0.1) is 19.1 Å². The van der Waals surface area contributed by atoms with E-state index in [0.29, 0.717) is 22.5 Å². The van der Waals surface area contributed by atoms with E-state index in [1.165, 1.54) is 4.90 Å². The maximum Gasteiger partial charge on any atom is 0.244 e. The summed E-state index contributed by atoms with van der Waals surface area (Å²) in [5, 5.41) is 2.84. The molecule has 0 radical (unpaired) electrons. The first-order valence-corrected chi connectivity index (χ1v) is 14.7. The molecule has 0 bridgehead atoms. The van der Waals surface area contributed by atoms with Crippen molar-refractivity contribution in [2.24, 2.45) is 0 Å². The van der Waals surface area contributed by atoms with Crippen LogP contribution in [0.1, 0.15) is 18.1 Å². The molecular formula is C28H32BrN3O5S. The molecule has 0 fully saturated rings. The van der Waals surface area contributed by atoms with Crippen molar-refractivity contribution in [2.75, 3.05) is 30.8 Å². The molecule has 3 aromatic carbocycles. The number of hydrogen-bond acceptors (Lipinski definition) is 5. The van der Waals surface area contributed by atoms with E-state index in [2.05, 4.69) is 21.2 Å². The second-order valence-corrected chi connectivity index (χ2v) is 11.5. The number of para-hydroxylation sites is 1. The normalized spacial score (nSPS) is 11.9. The van der Waals surface area contributed by atoms with E-state index >= 15 is 0 Å². The number of halogens is 1. The van der Waals surface area contributed by atoms with E-state index in [-0.39, 0.29) is 18.9 Å². The molecule has 2 amide bonds. The van der Waals surface area contributed by atoms with Gasteiger partial charge in [0.1, 0.15) is 18.3 Å². The van der Waals surface area contributed by atoms with Gasteiger partial charge in [-0.2, -0.15) is 0 Å². The van der Waals surface area contributed by atoms with E-state index in [1.54, 1.807) is 49.6 Å². The first kappa shape index (κ1) is 29.2. The number of nitrogens with zero attached hydrogens (tertiary/aromatic N) is 2.